The van der Waals surface area contributed by atoms with Gasteiger partial charge in [0.2, 0.25) is 5.95 Å². The second-order valence-corrected chi connectivity index (χ2v) is 7.63. The summed E-state index contributed by atoms with van der Waals surface area (Å²) in [6, 6.07) is 0. The number of aliphatic hydroxyl groups excluding tert-OH is 2. The van der Waals surface area contributed by atoms with Gasteiger partial charge in [-0.05, 0) is 0 Å². The van der Waals surface area contributed by atoms with Crippen LogP contribution in [0, 0.1) is 0 Å². The van der Waals surface area contributed by atoms with Gasteiger partial charge in [-0.25, -0.2) is 14.4 Å². The predicted molar refractivity (Wildman–Crippen MR) is 93.7 cm³/mol. The van der Waals surface area contributed by atoms with Crippen LogP contribution in [-0.2, 0) is 23.4 Å². The van der Waals surface area contributed by atoms with Crippen LogP contribution in [0.3, 0.4) is 0 Å². The van der Waals surface area contributed by atoms with E-state index in [2.05, 4.69) is 19.5 Å². The average Bonchev–Trinajstić information content (AvgIpc) is 3.30. The quantitative estimate of drug-likeness (QED) is 0.235. The number of H-pyrrole nitrogens is 1. The Kier molecular flexibility index (Phi) is 4.90. The lowest BCUT2D eigenvalue weighted by atomic mass is 10.1. The number of fused-ring (bicyclic) bond motifs is 1. The number of ether oxygens (including phenoxy) is 1. The number of carbonyl (C=O) groups is 2. The van der Waals surface area contributed by atoms with Crippen LogP contribution < -0.4 is 10.5 Å². The standard InChI is InChI=1S/C14H14N5O10P/c20-6-1-2-7(21)19(6)14-16-11-8(12(24)17-14)15-4-18(11)13-10(23)9(22)5(29-13)3-28-30(25,26)27/h1-2,4-5,9-10,13,22-23H,3H2,(H,16,17,24)(H2,25,26,27). The van der Waals surface area contributed by atoms with Gasteiger partial charge in [-0.1, -0.05) is 0 Å². The lowest BCUT2D eigenvalue weighted by Gasteiger charge is -2.17. The Hall–Kier alpha value is -2.78. The third-order valence-electron chi connectivity index (χ3n) is 4.46. The summed E-state index contributed by atoms with van der Waals surface area (Å²) >= 11 is 0. The molecule has 4 atom stereocenters. The molecule has 0 spiro atoms. The highest BCUT2D eigenvalue weighted by molar-refractivity contribution is 7.46. The molecule has 160 valence electrons. The van der Waals surface area contributed by atoms with Gasteiger partial charge in [0.25, 0.3) is 17.4 Å². The Morgan fingerprint density at radius 3 is 2.47 bits per heavy atom. The normalized spacial score (nSPS) is 27.0. The summed E-state index contributed by atoms with van der Waals surface area (Å²) in [7, 11) is -4.85. The maximum atomic E-state index is 12.3. The van der Waals surface area contributed by atoms with Crippen molar-refractivity contribution in [2.45, 2.75) is 24.5 Å². The van der Waals surface area contributed by atoms with Crippen molar-refractivity contribution in [3.63, 3.8) is 0 Å². The number of nitrogens with one attached hydrogen (secondary N) is 1. The summed E-state index contributed by atoms with van der Waals surface area (Å²) in [5.74, 6) is -1.84. The number of aliphatic hydroxyl groups is 2. The van der Waals surface area contributed by atoms with E-state index in [0.29, 0.717) is 4.90 Å². The van der Waals surface area contributed by atoms with Crippen LogP contribution in [0.1, 0.15) is 6.23 Å². The molecule has 0 aliphatic carbocycles. The molecule has 0 saturated carbocycles. The molecule has 0 aromatic carbocycles. The Labute approximate surface area is 165 Å². The van der Waals surface area contributed by atoms with Gasteiger partial charge in [0.15, 0.2) is 17.4 Å². The number of carbonyl (C=O) groups excluding carboxylic acids is 2. The van der Waals surface area contributed by atoms with E-state index < -0.39 is 56.3 Å². The number of aromatic nitrogens is 4. The molecule has 16 heteroatoms. The van der Waals surface area contributed by atoms with Crippen molar-refractivity contribution >= 4 is 36.7 Å². The van der Waals surface area contributed by atoms with E-state index in [1.165, 1.54) is 0 Å². The Morgan fingerprint density at radius 1 is 1.17 bits per heavy atom. The third kappa shape index (κ3) is 3.48. The lowest BCUT2D eigenvalue weighted by molar-refractivity contribution is -0.120. The fourth-order valence-corrected chi connectivity index (χ4v) is 3.42. The molecule has 4 heterocycles. The van der Waals surface area contributed by atoms with E-state index in [0.717, 1.165) is 23.0 Å². The molecule has 1 fully saturated rings. The number of nitrogens with zero attached hydrogens (tertiary/aromatic N) is 4. The number of phosphoric ester groups is 1. The van der Waals surface area contributed by atoms with Crippen molar-refractivity contribution in [3.8, 4) is 0 Å². The fraction of sp³-hybridized carbons (Fsp3) is 0.357. The van der Waals surface area contributed by atoms with Gasteiger partial charge in [-0.3, -0.25) is 28.5 Å². The van der Waals surface area contributed by atoms with Gasteiger partial charge in [0.05, 0.1) is 12.9 Å². The van der Waals surface area contributed by atoms with E-state index in [-0.39, 0.29) is 17.1 Å². The van der Waals surface area contributed by atoms with Crippen LogP contribution in [0.25, 0.3) is 11.2 Å². The van der Waals surface area contributed by atoms with Crippen LogP contribution >= 0.6 is 7.82 Å². The smallest absolute Gasteiger partial charge is 0.387 e. The minimum Gasteiger partial charge on any atom is -0.387 e. The average molecular weight is 443 g/mol. The van der Waals surface area contributed by atoms with Crippen molar-refractivity contribution in [2.24, 2.45) is 0 Å². The number of rotatable bonds is 5. The van der Waals surface area contributed by atoms with Gasteiger partial charge in [0, 0.05) is 12.2 Å². The van der Waals surface area contributed by atoms with E-state index in [1.54, 1.807) is 0 Å². The summed E-state index contributed by atoms with van der Waals surface area (Å²) in [5, 5.41) is 20.4. The van der Waals surface area contributed by atoms with Gasteiger partial charge < -0.3 is 24.7 Å². The summed E-state index contributed by atoms with van der Waals surface area (Å²) in [4.78, 5) is 64.4. The highest BCUT2D eigenvalue weighted by atomic mass is 31.2. The molecule has 2 amide bonds. The number of anilines is 1. The number of hydrogen-bond acceptors (Lipinski definition) is 10. The maximum absolute atomic E-state index is 12.3. The molecule has 1 saturated heterocycles. The van der Waals surface area contributed by atoms with Gasteiger partial charge in [-0.15, -0.1) is 0 Å². The number of imide groups is 1. The SMILES string of the molecule is O=C1C=CC(=O)N1c1nc2c(ncn2C2OC(COP(=O)(O)O)C(O)C2O)c(=O)[nH]1. The molecule has 2 aromatic heterocycles. The first-order chi connectivity index (χ1) is 14.1. The molecule has 0 bridgehead atoms. The molecular weight excluding hydrogens is 429 g/mol. The minimum atomic E-state index is -4.85. The molecule has 2 aliphatic rings. The minimum absolute atomic E-state index is 0.172. The maximum Gasteiger partial charge on any atom is 0.469 e. The molecule has 4 rings (SSSR count). The van der Waals surface area contributed by atoms with Crippen molar-refractivity contribution in [1.29, 1.82) is 0 Å². The molecule has 15 nitrogen and oxygen atoms in total. The number of hydrogen-bond donors (Lipinski definition) is 5. The zero-order valence-electron chi connectivity index (χ0n) is 14.7. The molecule has 2 aromatic rings. The highest BCUT2D eigenvalue weighted by Crippen LogP contribution is 2.38. The van der Waals surface area contributed by atoms with E-state index >= 15 is 0 Å². The Balaban J connectivity index is 1.69. The van der Waals surface area contributed by atoms with Gasteiger partial charge >= 0.3 is 7.82 Å². The van der Waals surface area contributed by atoms with Gasteiger partial charge in [-0.2, -0.15) is 4.98 Å². The molecule has 5 N–H and O–H groups in total. The first kappa shape index (κ1) is 20.5. The monoisotopic (exact) mass is 443 g/mol. The van der Waals surface area contributed by atoms with Crippen molar-refractivity contribution in [1.82, 2.24) is 19.5 Å². The largest absolute Gasteiger partial charge is 0.469 e. The molecular formula is C14H14N5O10P. The second kappa shape index (κ2) is 7.17. The Morgan fingerprint density at radius 2 is 1.83 bits per heavy atom. The second-order valence-electron chi connectivity index (χ2n) is 6.39. The molecule has 0 radical (unpaired) electrons. The van der Waals surface area contributed by atoms with Crippen LogP contribution in [0.2, 0.25) is 0 Å². The summed E-state index contributed by atoms with van der Waals surface area (Å²) < 4.78 is 21.7. The number of amides is 2. The molecule has 30 heavy (non-hydrogen) atoms. The fourth-order valence-electron chi connectivity index (χ4n) is 3.08. The van der Waals surface area contributed by atoms with Gasteiger partial charge in [0.1, 0.15) is 18.3 Å². The molecule has 2 aliphatic heterocycles. The zero-order chi connectivity index (χ0) is 21.8. The number of imidazole rings is 1. The van der Waals surface area contributed by atoms with Crippen LogP contribution in [0.5, 0.6) is 0 Å². The first-order valence-corrected chi connectivity index (χ1v) is 9.84. The van der Waals surface area contributed by atoms with E-state index in [4.69, 9.17) is 14.5 Å². The van der Waals surface area contributed by atoms with E-state index in [9.17, 15) is 29.2 Å². The summed E-state index contributed by atoms with van der Waals surface area (Å²) in [6.45, 7) is -0.729. The van der Waals surface area contributed by atoms with E-state index in [1.807, 2.05) is 0 Å². The topological polar surface area (TPSA) is 217 Å². The first-order valence-electron chi connectivity index (χ1n) is 8.31. The lowest BCUT2D eigenvalue weighted by Crippen LogP contribution is -2.34. The predicted octanol–water partition coefficient (Wildman–Crippen LogP) is -2.72. The summed E-state index contributed by atoms with van der Waals surface area (Å²) in [6.07, 6.45) is -2.80. The summed E-state index contributed by atoms with van der Waals surface area (Å²) in [5.41, 5.74) is -1.16. The Bertz CT molecular complexity index is 1150. The highest BCUT2D eigenvalue weighted by Gasteiger charge is 2.45. The van der Waals surface area contributed by atoms with Crippen molar-refractivity contribution < 1.29 is 43.4 Å². The van der Waals surface area contributed by atoms with Crippen molar-refractivity contribution in [3.05, 3.63) is 28.8 Å². The van der Waals surface area contributed by atoms with Crippen LogP contribution in [0.4, 0.5) is 5.95 Å². The molecule has 4 unspecified atom stereocenters. The number of phosphoric acid groups is 1. The van der Waals surface area contributed by atoms with Crippen LogP contribution in [-0.4, -0.2) is 76.3 Å². The third-order valence-corrected chi connectivity index (χ3v) is 4.94. The number of aromatic amines is 1. The zero-order valence-corrected chi connectivity index (χ0v) is 15.6. The van der Waals surface area contributed by atoms with Crippen molar-refractivity contribution in [2.75, 3.05) is 11.5 Å². The van der Waals surface area contributed by atoms with Crippen LogP contribution in [0.15, 0.2) is 23.3 Å².